The van der Waals surface area contributed by atoms with Crippen molar-refractivity contribution in [2.24, 2.45) is 0 Å². The fraction of sp³-hybridized carbons (Fsp3) is 0.917. The number of hydrogen-bond donors (Lipinski definition) is 2. The van der Waals surface area contributed by atoms with Crippen LogP contribution in [0.3, 0.4) is 0 Å². The number of rotatable bonds is 10. The zero-order valence-electron chi connectivity index (χ0n) is 10.7. The second-order valence-corrected chi connectivity index (χ2v) is 4.14. The van der Waals surface area contributed by atoms with E-state index in [4.69, 9.17) is 9.84 Å². The van der Waals surface area contributed by atoms with Gasteiger partial charge in [-0.25, -0.2) is 0 Å². The molecule has 4 nitrogen and oxygen atoms in total. The van der Waals surface area contributed by atoms with Crippen molar-refractivity contribution < 1.29 is 14.6 Å². The summed E-state index contributed by atoms with van der Waals surface area (Å²) in [5.74, 6) is -0.759. The van der Waals surface area contributed by atoms with Crippen LogP contribution in [0.15, 0.2) is 0 Å². The van der Waals surface area contributed by atoms with Crippen LogP contribution in [-0.4, -0.2) is 36.9 Å². The van der Waals surface area contributed by atoms with Gasteiger partial charge in [-0.3, -0.25) is 10.1 Å². The predicted octanol–water partition coefficient (Wildman–Crippen LogP) is 2.03. The summed E-state index contributed by atoms with van der Waals surface area (Å²) >= 11 is 0. The van der Waals surface area contributed by atoms with Crippen LogP contribution in [0.1, 0.15) is 46.0 Å². The molecular weight excluding hydrogens is 206 g/mol. The fourth-order valence-electron chi connectivity index (χ4n) is 1.74. The van der Waals surface area contributed by atoms with Gasteiger partial charge in [-0.2, -0.15) is 0 Å². The largest absolute Gasteiger partial charge is 0.480 e. The number of aliphatic carboxylic acids is 1. The number of carboxylic acids is 1. The van der Waals surface area contributed by atoms with Crippen molar-refractivity contribution in [3.05, 3.63) is 0 Å². The van der Waals surface area contributed by atoms with E-state index in [0.29, 0.717) is 13.0 Å². The third-order valence-corrected chi connectivity index (χ3v) is 2.59. The molecule has 0 rings (SSSR count). The molecule has 96 valence electrons. The smallest absolute Gasteiger partial charge is 0.320 e. The molecule has 0 aliphatic rings. The SMILES string of the molecule is CCCCC(NC(CCC)COC)C(=O)O. The number of ether oxygens (including phenoxy) is 1. The topological polar surface area (TPSA) is 58.6 Å². The fourth-order valence-corrected chi connectivity index (χ4v) is 1.74. The van der Waals surface area contributed by atoms with Crippen LogP contribution in [0.2, 0.25) is 0 Å². The predicted molar refractivity (Wildman–Crippen MR) is 64.7 cm³/mol. The van der Waals surface area contributed by atoms with Crippen molar-refractivity contribution in [3.63, 3.8) is 0 Å². The van der Waals surface area contributed by atoms with E-state index in [0.717, 1.165) is 25.7 Å². The van der Waals surface area contributed by atoms with Gasteiger partial charge < -0.3 is 9.84 Å². The molecule has 0 heterocycles. The number of unbranched alkanes of at least 4 members (excludes halogenated alkanes) is 1. The maximum Gasteiger partial charge on any atom is 0.320 e. The zero-order chi connectivity index (χ0) is 12.4. The first-order valence-electron chi connectivity index (χ1n) is 6.13. The van der Waals surface area contributed by atoms with Crippen LogP contribution in [-0.2, 0) is 9.53 Å². The van der Waals surface area contributed by atoms with Gasteiger partial charge in [-0.1, -0.05) is 33.1 Å². The standard InChI is InChI=1S/C12H25NO3/c1-4-6-8-11(12(14)15)13-10(7-5-2)9-16-3/h10-11,13H,4-9H2,1-3H3,(H,14,15). The van der Waals surface area contributed by atoms with E-state index in [9.17, 15) is 4.79 Å². The molecule has 4 heteroatoms. The van der Waals surface area contributed by atoms with Gasteiger partial charge in [0.1, 0.15) is 6.04 Å². The molecule has 0 aromatic heterocycles. The maximum atomic E-state index is 11.0. The van der Waals surface area contributed by atoms with Crippen LogP contribution in [0.5, 0.6) is 0 Å². The van der Waals surface area contributed by atoms with E-state index < -0.39 is 12.0 Å². The Morgan fingerprint density at radius 2 is 2.00 bits per heavy atom. The lowest BCUT2D eigenvalue weighted by molar-refractivity contribution is -0.140. The molecular formula is C12H25NO3. The van der Waals surface area contributed by atoms with E-state index in [-0.39, 0.29) is 6.04 Å². The van der Waals surface area contributed by atoms with E-state index >= 15 is 0 Å². The van der Waals surface area contributed by atoms with E-state index in [2.05, 4.69) is 19.2 Å². The Morgan fingerprint density at radius 1 is 1.31 bits per heavy atom. The van der Waals surface area contributed by atoms with Crippen molar-refractivity contribution in [1.82, 2.24) is 5.32 Å². The number of methoxy groups -OCH3 is 1. The molecule has 0 fully saturated rings. The van der Waals surface area contributed by atoms with Crippen molar-refractivity contribution >= 4 is 5.97 Å². The van der Waals surface area contributed by atoms with Crippen LogP contribution < -0.4 is 5.32 Å². The van der Waals surface area contributed by atoms with E-state index in [1.54, 1.807) is 7.11 Å². The molecule has 2 unspecified atom stereocenters. The lowest BCUT2D eigenvalue weighted by Gasteiger charge is -2.22. The van der Waals surface area contributed by atoms with Crippen molar-refractivity contribution in [1.29, 1.82) is 0 Å². The minimum absolute atomic E-state index is 0.146. The van der Waals surface area contributed by atoms with Crippen molar-refractivity contribution in [3.8, 4) is 0 Å². The molecule has 16 heavy (non-hydrogen) atoms. The first kappa shape index (κ1) is 15.4. The van der Waals surface area contributed by atoms with Gasteiger partial charge >= 0.3 is 5.97 Å². The third kappa shape index (κ3) is 6.80. The average Bonchev–Trinajstić information content (AvgIpc) is 2.24. The lowest BCUT2D eigenvalue weighted by atomic mass is 10.1. The van der Waals surface area contributed by atoms with Gasteiger partial charge in [0.25, 0.3) is 0 Å². The van der Waals surface area contributed by atoms with Gasteiger partial charge in [0.2, 0.25) is 0 Å². The number of carboxylic acid groups (broad SMARTS) is 1. The molecule has 0 aromatic carbocycles. The first-order valence-corrected chi connectivity index (χ1v) is 6.13. The first-order chi connectivity index (χ1) is 7.65. The highest BCUT2D eigenvalue weighted by Gasteiger charge is 2.20. The highest BCUT2D eigenvalue weighted by atomic mass is 16.5. The van der Waals surface area contributed by atoms with Crippen LogP contribution in [0, 0.1) is 0 Å². The normalized spacial score (nSPS) is 14.7. The third-order valence-electron chi connectivity index (χ3n) is 2.59. The Bertz CT molecular complexity index is 179. The van der Waals surface area contributed by atoms with Crippen molar-refractivity contribution in [2.45, 2.75) is 58.0 Å². The molecule has 2 N–H and O–H groups in total. The van der Waals surface area contributed by atoms with E-state index in [1.807, 2.05) is 0 Å². The Balaban J connectivity index is 4.14. The molecule has 2 atom stereocenters. The Hall–Kier alpha value is -0.610. The van der Waals surface area contributed by atoms with Gasteiger partial charge in [-0.15, -0.1) is 0 Å². The van der Waals surface area contributed by atoms with Crippen LogP contribution in [0.25, 0.3) is 0 Å². The molecule has 0 aliphatic carbocycles. The summed E-state index contributed by atoms with van der Waals surface area (Å²) in [5, 5.41) is 12.2. The minimum atomic E-state index is -0.759. The average molecular weight is 231 g/mol. The molecule has 0 saturated carbocycles. The highest BCUT2D eigenvalue weighted by molar-refractivity contribution is 5.73. The minimum Gasteiger partial charge on any atom is -0.480 e. The summed E-state index contributed by atoms with van der Waals surface area (Å²) in [6, 6.07) is -0.292. The molecule has 0 aliphatic heterocycles. The second kappa shape index (κ2) is 9.60. The quantitative estimate of drug-likeness (QED) is 0.604. The maximum absolute atomic E-state index is 11.0. The molecule has 0 saturated heterocycles. The number of hydrogen-bond acceptors (Lipinski definition) is 3. The molecule has 0 aromatic rings. The van der Waals surface area contributed by atoms with Crippen LogP contribution >= 0.6 is 0 Å². The summed E-state index contributed by atoms with van der Waals surface area (Å²) in [4.78, 5) is 11.0. The second-order valence-electron chi connectivity index (χ2n) is 4.14. The molecule has 0 bridgehead atoms. The zero-order valence-corrected chi connectivity index (χ0v) is 10.7. The summed E-state index contributed by atoms with van der Waals surface area (Å²) in [6.07, 6.45) is 4.63. The molecule has 0 radical (unpaired) electrons. The summed E-state index contributed by atoms with van der Waals surface area (Å²) in [6.45, 7) is 4.73. The lowest BCUT2D eigenvalue weighted by Crippen LogP contribution is -2.45. The monoisotopic (exact) mass is 231 g/mol. The van der Waals surface area contributed by atoms with Crippen molar-refractivity contribution in [2.75, 3.05) is 13.7 Å². The summed E-state index contributed by atoms with van der Waals surface area (Å²) in [5.41, 5.74) is 0. The van der Waals surface area contributed by atoms with E-state index in [1.165, 1.54) is 0 Å². The van der Waals surface area contributed by atoms with Gasteiger partial charge in [0.05, 0.1) is 6.61 Å². The highest BCUT2D eigenvalue weighted by Crippen LogP contribution is 2.05. The number of nitrogens with one attached hydrogen (secondary N) is 1. The Kier molecular flexibility index (Phi) is 9.24. The summed E-state index contributed by atoms with van der Waals surface area (Å²) in [7, 11) is 1.64. The molecule has 0 amide bonds. The van der Waals surface area contributed by atoms with Gasteiger partial charge in [-0.05, 0) is 12.8 Å². The van der Waals surface area contributed by atoms with Gasteiger partial charge in [0, 0.05) is 13.2 Å². The Morgan fingerprint density at radius 3 is 2.44 bits per heavy atom. The Labute approximate surface area is 98.4 Å². The number of carbonyl (C=O) groups is 1. The summed E-state index contributed by atoms with van der Waals surface area (Å²) < 4.78 is 5.09. The van der Waals surface area contributed by atoms with Gasteiger partial charge in [0.15, 0.2) is 0 Å². The molecule has 0 spiro atoms. The van der Waals surface area contributed by atoms with Crippen LogP contribution in [0.4, 0.5) is 0 Å².